The van der Waals surface area contributed by atoms with Crippen molar-refractivity contribution in [1.29, 1.82) is 0 Å². The second-order valence-corrected chi connectivity index (χ2v) is 12.2. The van der Waals surface area contributed by atoms with Crippen molar-refractivity contribution in [2.75, 3.05) is 0 Å². The van der Waals surface area contributed by atoms with Crippen molar-refractivity contribution in [3.05, 3.63) is 18.2 Å². The molecule has 1 rings (SSSR count). The summed E-state index contributed by atoms with van der Waals surface area (Å²) in [5, 5.41) is 0. The Balaban J connectivity index is 2.20. The van der Waals surface area contributed by atoms with Gasteiger partial charge in [-0.15, -0.1) is 0 Å². The Morgan fingerprint density at radius 1 is 0.514 bits per heavy atom. The van der Waals surface area contributed by atoms with Gasteiger partial charge in [0.25, 0.3) is 5.82 Å². The molecule has 1 N–H and O–H groups in total. The van der Waals surface area contributed by atoms with Crippen LogP contribution < -0.4 is 4.57 Å². The molecule has 1 heterocycles. The molecule has 0 spiro atoms. The zero-order valence-corrected chi connectivity index (χ0v) is 26.1. The number of nitrogens with zero attached hydrogens (tertiary/aromatic N) is 1. The standard InChI is InChI=1S/C35H68N2/c1-5-8-11-13-14-15-16-17-18-19-20-21-22-23-24-27-30-34(29-25-10-7-3)35-36-31-32-37(35)33(4)28-26-12-9-6-2/h31-34H,5-30H2,1-4H3/p+1. The van der Waals surface area contributed by atoms with Crippen molar-refractivity contribution in [3.8, 4) is 0 Å². The topological polar surface area (TPSA) is 19.7 Å². The lowest BCUT2D eigenvalue weighted by Gasteiger charge is -2.17. The van der Waals surface area contributed by atoms with E-state index in [2.05, 4.69) is 49.6 Å². The van der Waals surface area contributed by atoms with Crippen LogP contribution in [0.4, 0.5) is 0 Å². The van der Waals surface area contributed by atoms with Gasteiger partial charge >= 0.3 is 0 Å². The summed E-state index contributed by atoms with van der Waals surface area (Å²) in [6.07, 6.45) is 41.3. The summed E-state index contributed by atoms with van der Waals surface area (Å²) < 4.78 is 2.59. The van der Waals surface area contributed by atoms with Crippen LogP contribution in [0.25, 0.3) is 0 Å². The molecule has 2 heteroatoms. The minimum atomic E-state index is 0.623. The van der Waals surface area contributed by atoms with E-state index in [4.69, 9.17) is 0 Å². The van der Waals surface area contributed by atoms with E-state index in [9.17, 15) is 0 Å². The van der Waals surface area contributed by atoms with E-state index >= 15 is 0 Å². The second-order valence-electron chi connectivity index (χ2n) is 12.2. The van der Waals surface area contributed by atoms with Crippen LogP contribution >= 0.6 is 0 Å². The lowest BCUT2D eigenvalue weighted by molar-refractivity contribution is -0.727. The Morgan fingerprint density at radius 2 is 0.865 bits per heavy atom. The van der Waals surface area contributed by atoms with Crippen molar-refractivity contribution in [2.24, 2.45) is 0 Å². The fourth-order valence-electron chi connectivity index (χ4n) is 6.07. The molecule has 0 saturated heterocycles. The first kappa shape index (κ1) is 34.2. The van der Waals surface area contributed by atoms with E-state index in [-0.39, 0.29) is 0 Å². The molecule has 0 fully saturated rings. The van der Waals surface area contributed by atoms with Crippen LogP contribution in [0.15, 0.2) is 12.4 Å². The molecule has 0 aliphatic carbocycles. The molecule has 0 aromatic carbocycles. The molecule has 1 aromatic heterocycles. The minimum absolute atomic E-state index is 0.623. The molecule has 1 aromatic rings. The molecule has 37 heavy (non-hydrogen) atoms. The summed E-state index contributed by atoms with van der Waals surface area (Å²) in [5.41, 5.74) is 0. The lowest BCUT2D eigenvalue weighted by atomic mass is 9.93. The smallest absolute Gasteiger partial charge is 0.247 e. The van der Waals surface area contributed by atoms with Gasteiger partial charge in [0.2, 0.25) is 0 Å². The summed E-state index contributed by atoms with van der Waals surface area (Å²) in [6, 6.07) is 0.623. The summed E-state index contributed by atoms with van der Waals surface area (Å²) in [6.45, 7) is 9.38. The number of imidazole rings is 1. The van der Waals surface area contributed by atoms with Gasteiger partial charge in [0.05, 0.1) is 12.0 Å². The summed E-state index contributed by atoms with van der Waals surface area (Å²) in [4.78, 5) is 3.68. The quantitative estimate of drug-likeness (QED) is 0.0842. The highest BCUT2D eigenvalue weighted by Crippen LogP contribution is 2.27. The Bertz CT molecular complexity index is 578. The number of hydrogen-bond acceptors (Lipinski definition) is 0. The highest BCUT2D eigenvalue weighted by atomic mass is 15.1. The maximum atomic E-state index is 3.68. The maximum absolute atomic E-state index is 3.68. The number of aromatic amines is 1. The first-order valence-electron chi connectivity index (χ1n) is 17.3. The van der Waals surface area contributed by atoms with Gasteiger partial charge in [-0.25, -0.2) is 9.55 Å². The molecule has 0 aliphatic heterocycles. The number of H-pyrrole nitrogens is 1. The maximum Gasteiger partial charge on any atom is 0.257 e. The third-order valence-electron chi connectivity index (χ3n) is 8.64. The van der Waals surface area contributed by atoms with Crippen molar-refractivity contribution >= 4 is 0 Å². The average molecular weight is 518 g/mol. The molecule has 0 saturated carbocycles. The predicted octanol–water partition coefficient (Wildman–Crippen LogP) is 12.1. The van der Waals surface area contributed by atoms with Crippen LogP contribution in [0.3, 0.4) is 0 Å². The highest BCUT2D eigenvalue weighted by molar-refractivity contribution is 4.90. The highest BCUT2D eigenvalue weighted by Gasteiger charge is 2.25. The second kappa shape index (κ2) is 25.5. The Labute approximate surface area is 234 Å². The van der Waals surface area contributed by atoms with Crippen LogP contribution in [-0.2, 0) is 0 Å². The normalized spacial score (nSPS) is 13.3. The molecule has 0 radical (unpaired) electrons. The van der Waals surface area contributed by atoms with Gasteiger partial charge in [0.1, 0.15) is 12.4 Å². The van der Waals surface area contributed by atoms with E-state index in [1.54, 1.807) is 0 Å². The summed E-state index contributed by atoms with van der Waals surface area (Å²) in [7, 11) is 0. The third-order valence-corrected chi connectivity index (χ3v) is 8.64. The molecule has 2 nitrogen and oxygen atoms in total. The van der Waals surface area contributed by atoms with Gasteiger partial charge in [0, 0.05) is 0 Å². The van der Waals surface area contributed by atoms with Crippen molar-refractivity contribution in [3.63, 3.8) is 0 Å². The SMILES string of the molecule is CCCCCCCCCCCCCCCCCCC(CCCCC)c1[nH]cc[n+]1C(C)CCCCCC. The monoisotopic (exact) mass is 518 g/mol. The molecule has 0 aliphatic rings. The zero-order chi connectivity index (χ0) is 26.8. The van der Waals surface area contributed by atoms with E-state index < -0.39 is 0 Å². The minimum Gasteiger partial charge on any atom is -0.247 e. The number of nitrogens with one attached hydrogen (secondary N) is 1. The zero-order valence-electron chi connectivity index (χ0n) is 26.1. The van der Waals surface area contributed by atoms with Crippen molar-refractivity contribution in [2.45, 2.75) is 207 Å². The van der Waals surface area contributed by atoms with Gasteiger partial charge in [-0.1, -0.05) is 162 Å². The van der Waals surface area contributed by atoms with Crippen LogP contribution in [0, 0.1) is 0 Å². The first-order chi connectivity index (χ1) is 18.2. The van der Waals surface area contributed by atoms with Gasteiger partial charge in [-0.05, 0) is 32.6 Å². The summed E-state index contributed by atoms with van der Waals surface area (Å²) >= 11 is 0. The van der Waals surface area contributed by atoms with Gasteiger partial charge < -0.3 is 0 Å². The molecular weight excluding hydrogens is 448 g/mol. The van der Waals surface area contributed by atoms with E-state index in [0.29, 0.717) is 12.0 Å². The van der Waals surface area contributed by atoms with E-state index in [1.807, 2.05) is 0 Å². The Hall–Kier alpha value is -0.790. The summed E-state index contributed by atoms with van der Waals surface area (Å²) in [5.74, 6) is 2.23. The van der Waals surface area contributed by atoms with E-state index in [1.165, 1.54) is 173 Å². The molecular formula is C35H69N2+. The van der Waals surface area contributed by atoms with Crippen molar-refractivity contribution in [1.82, 2.24) is 4.98 Å². The molecule has 0 bridgehead atoms. The predicted molar refractivity (Wildman–Crippen MR) is 166 cm³/mol. The number of unbranched alkanes of at least 4 members (excludes halogenated alkanes) is 20. The molecule has 2 atom stereocenters. The largest absolute Gasteiger partial charge is 0.257 e. The number of rotatable bonds is 28. The Kier molecular flexibility index (Phi) is 23.6. The van der Waals surface area contributed by atoms with Gasteiger partial charge in [-0.3, -0.25) is 0 Å². The lowest BCUT2D eigenvalue weighted by Crippen LogP contribution is -2.41. The average Bonchev–Trinajstić information content (AvgIpc) is 3.40. The third kappa shape index (κ3) is 18.2. The van der Waals surface area contributed by atoms with Crippen LogP contribution in [-0.4, -0.2) is 4.98 Å². The van der Waals surface area contributed by atoms with Crippen LogP contribution in [0.5, 0.6) is 0 Å². The van der Waals surface area contributed by atoms with Crippen molar-refractivity contribution < 1.29 is 4.57 Å². The molecule has 0 amide bonds. The fourth-order valence-corrected chi connectivity index (χ4v) is 6.07. The Morgan fingerprint density at radius 3 is 1.35 bits per heavy atom. The number of hydrogen-bond donors (Lipinski definition) is 1. The first-order valence-corrected chi connectivity index (χ1v) is 17.3. The van der Waals surface area contributed by atoms with Gasteiger partial charge in [0.15, 0.2) is 0 Å². The number of aromatic nitrogens is 2. The molecule has 218 valence electrons. The fraction of sp³-hybridized carbons (Fsp3) is 0.914. The van der Waals surface area contributed by atoms with Gasteiger partial charge in [-0.2, -0.15) is 0 Å². The molecule has 2 unspecified atom stereocenters. The van der Waals surface area contributed by atoms with Crippen LogP contribution in [0.2, 0.25) is 0 Å². The van der Waals surface area contributed by atoms with Crippen LogP contribution in [0.1, 0.15) is 212 Å². The van der Waals surface area contributed by atoms with E-state index in [0.717, 1.165) is 0 Å².